The molecule has 4 heterocycles. The fourth-order valence-electron chi connectivity index (χ4n) is 5.88. The van der Waals surface area contributed by atoms with Gasteiger partial charge in [0.1, 0.15) is 5.75 Å². The topological polar surface area (TPSA) is 54.8 Å². The molecule has 1 N–H and O–H groups in total. The number of hydrogen-bond donors (Lipinski definition) is 1. The molecule has 0 amide bonds. The lowest BCUT2D eigenvalue weighted by molar-refractivity contribution is 0.0379. The van der Waals surface area contributed by atoms with Gasteiger partial charge in [0.25, 0.3) is 0 Å². The van der Waals surface area contributed by atoms with Gasteiger partial charge < -0.3 is 19.6 Å². The fraction of sp³-hybridized carbons (Fsp3) is 0.607. The highest BCUT2D eigenvalue weighted by molar-refractivity contribution is 5.94. The quantitative estimate of drug-likeness (QED) is 0.674. The minimum Gasteiger partial charge on any atom is -0.508 e. The number of allylic oxidation sites excluding steroid dienone is 1. The second kappa shape index (κ2) is 10.3. The molecule has 1 aromatic carbocycles. The van der Waals surface area contributed by atoms with E-state index in [1.165, 1.54) is 11.4 Å². The minimum atomic E-state index is -0.0924. The number of anilines is 1. The molecule has 5 rings (SSSR count). The van der Waals surface area contributed by atoms with E-state index in [2.05, 4.69) is 71.7 Å². The number of nitrogens with zero attached hydrogens (tertiary/aromatic N) is 5. The van der Waals surface area contributed by atoms with Crippen molar-refractivity contribution in [3.63, 3.8) is 0 Å². The van der Waals surface area contributed by atoms with Crippen LogP contribution in [0.25, 0.3) is 0 Å². The van der Waals surface area contributed by atoms with Crippen molar-refractivity contribution in [2.45, 2.75) is 39.3 Å². The Balaban J connectivity index is 1.31. The fourth-order valence-corrected chi connectivity index (χ4v) is 5.88. The summed E-state index contributed by atoms with van der Waals surface area (Å²) in [6.45, 7) is 15.4. The van der Waals surface area contributed by atoms with Crippen LogP contribution in [-0.4, -0.2) is 97.6 Å². The van der Waals surface area contributed by atoms with E-state index in [1.807, 2.05) is 6.07 Å². The van der Waals surface area contributed by atoms with Gasteiger partial charge in [-0.1, -0.05) is 12.1 Å². The molecule has 190 valence electrons. The van der Waals surface area contributed by atoms with Gasteiger partial charge in [0.2, 0.25) is 0 Å². The highest BCUT2D eigenvalue weighted by atomic mass is 16.5. The van der Waals surface area contributed by atoms with Crippen molar-refractivity contribution in [3.05, 3.63) is 47.3 Å². The van der Waals surface area contributed by atoms with Gasteiger partial charge >= 0.3 is 0 Å². The number of morpholine rings is 1. The van der Waals surface area contributed by atoms with E-state index in [-0.39, 0.29) is 12.0 Å². The van der Waals surface area contributed by atoms with Crippen LogP contribution in [0.5, 0.6) is 5.75 Å². The van der Waals surface area contributed by atoms with Crippen LogP contribution in [0, 0.1) is 5.92 Å². The number of phenolic OH excluding ortho intramolecular Hbond substituents is 1. The molecule has 0 bridgehead atoms. The molecule has 0 radical (unpaired) electrons. The first-order valence-electron chi connectivity index (χ1n) is 13.2. The van der Waals surface area contributed by atoms with Gasteiger partial charge in [-0.25, -0.2) is 0 Å². The highest BCUT2D eigenvalue weighted by Crippen LogP contribution is 2.46. The van der Waals surface area contributed by atoms with E-state index in [4.69, 9.17) is 9.73 Å². The average molecular weight is 480 g/mol. The minimum absolute atomic E-state index is 0.0924. The van der Waals surface area contributed by atoms with E-state index in [0.29, 0.717) is 11.8 Å². The second-order valence-corrected chi connectivity index (χ2v) is 10.6. The predicted molar refractivity (Wildman–Crippen MR) is 142 cm³/mol. The third-order valence-electron chi connectivity index (χ3n) is 8.10. The number of ether oxygens (including phenoxy) is 1. The first kappa shape index (κ1) is 24.3. The Labute approximate surface area is 210 Å². The third kappa shape index (κ3) is 5.13. The number of dihydropyridines is 1. The molecule has 0 saturated carbocycles. The normalized spacial score (nSPS) is 26.0. The average Bonchev–Trinajstić information content (AvgIpc) is 3.18. The van der Waals surface area contributed by atoms with E-state index in [1.54, 1.807) is 0 Å². The van der Waals surface area contributed by atoms with Crippen LogP contribution in [0.15, 0.2) is 46.7 Å². The van der Waals surface area contributed by atoms with Crippen molar-refractivity contribution in [1.82, 2.24) is 14.7 Å². The van der Waals surface area contributed by atoms with Crippen molar-refractivity contribution < 1.29 is 9.84 Å². The van der Waals surface area contributed by atoms with Gasteiger partial charge in [-0.2, -0.15) is 0 Å². The van der Waals surface area contributed by atoms with E-state index in [9.17, 15) is 5.11 Å². The van der Waals surface area contributed by atoms with Crippen LogP contribution >= 0.6 is 0 Å². The maximum absolute atomic E-state index is 11.1. The zero-order valence-corrected chi connectivity index (χ0v) is 21.8. The maximum atomic E-state index is 11.1. The number of rotatable bonds is 6. The Morgan fingerprint density at radius 3 is 2.51 bits per heavy atom. The monoisotopic (exact) mass is 479 g/mol. The lowest BCUT2D eigenvalue weighted by Crippen LogP contribution is -2.48. The summed E-state index contributed by atoms with van der Waals surface area (Å²) in [7, 11) is 2.17. The van der Waals surface area contributed by atoms with Gasteiger partial charge in [0.15, 0.2) is 0 Å². The van der Waals surface area contributed by atoms with Gasteiger partial charge in [-0.15, -0.1) is 0 Å². The zero-order chi connectivity index (χ0) is 24.5. The summed E-state index contributed by atoms with van der Waals surface area (Å²) in [6, 6.07) is 6.71. The Bertz CT molecular complexity index is 1000. The van der Waals surface area contributed by atoms with E-state index < -0.39 is 0 Å². The van der Waals surface area contributed by atoms with Crippen LogP contribution < -0.4 is 4.90 Å². The van der Waals surface area contributed by atoms with Gasteiger partial charge in [-0.3, -0.25) is 14.8 Å². The molecular formula is C28H41N5O2. The number of aliphatic imine (C=N–C) groups is 1. The molecule has 2 atom stereocenters. The largest absolute Gasteiger partial charge is 0.508 e. The molecule has 2 fully saturated rings. The van der Waals surface area contributed by atoms with Crippen LogP contribution in [0.4, 0.5) is 5.69 Å². The summed E-state index contributed by atoms with van der Waals surface area (Å²) in [4.78, 5) is 14.7. The summed E-state index contributed by atoms with van der Waals surface area (Å²) in [5.74, 6) is 0.518. The SMILES string of the molecule is CC1=NC(c2ccc(N3CCN(C(C)C)CC3)cc2O)C2C=C(CCN3CCOCC3)N(C)C2=C1. The lowest BCUT2D eigenvalue weighted by Gasteiger charge is -2.38. The number of phenols is 1. The summed E-state index contributed by atoms with van der Waals surface area (Å²) >= 11 is 0. The molecule has 35 heavy (non-hydrogen) atoms. The van der Waals surface area contributed by atoms with Gasteiger partial charge in [0, 0.05) is 106 Å². The van der Waals surface area contributed by atoms with Gasteiger partial charge in [0.05, 0.1) is 19.3 Å². The Hall–Kier alpha value is -2.35. The van der Waals surface area contributed by atoms with E-state index in [0.717, 1.165) is 82.4 Å². The molecule has 2 saturated heterocycles. The van der Waals surface area contributed by atoms with E-state index >= 15 is 0 Å². The second-order valence-electron chi connectivity index (χ2n) is 10.6. The smallest absolute Gasteiger partial charge is 0.123 e. The standard InChI is InChI=1S/C28H41N5O2/c1-20(2)32-9-11-33(12-10-32)23-5-6-24(27(34)19-23)28-25-18-22(7-8-31-13-15-35-16-14-31)30(4)26(25)17-21(3)29-28/h5-6,17-20,25,28,34H,7-16H2,1-4H3. The summed E-state index contributed by atoms with van der Waals surface area (Å²) in [5.41, 5.74) is 5.68. The van der Waals surface area contributed by atoms with Crippen LogP contribution in [0.3, 0.4) is 0 Å². The van der Waals surface area contributed by atoms with Crippen LogP contribution in [-0.2, 0) is 4.74 Å². The molecule has 0 aromatic heterocycles. The Kier molecular flexibility index (Phi) is 7.19. The zero-order valence-electron chi connectivity index (χ0n) is 21.8. The number of benzene rings is 1. The lowest BCUT2D eigenvalue weighted by atomic mass is 9.88. The summed E-state index contributed by atoms with van der Waals surface area (Å²) in [6.07, 6.45) is 5.60. The van der Waals surface area contributed by atoms with Crippen molar-refractivity contribution >= 4 is 11.4 Å². The molecule has 0 spiro atoms. The number of fused-ring (bicyclic) bond motifs is 1. The number of piperazine rings is 1. The first-order chi connectivity index (χ1) is 16.9. The van der Waals surface area contributed by atoms with Crippen LogP contribution in [0.1, 0.15) is 38.8 Å². The van der Waals surface area contributed by atoms with Crippen molar-refractivity contribution in [3.8, 4) is 5.75 Å². The van der Waals surface area contributed by atoms with Crippen molar-refractivity contribution in [2.24, 2.45) is 10.9 Å². The highest BCUT2D eigenvalue weighted by Gasteiger charge is 2.37. The molecule has 4 aliphatic heterocycles. The van der Waals surface area contributed by atoms with Crippen LogP contribution in [0.2, 0.25) is 0 Å². The Morgan fingerprint density at radius 1 is 1.09 bits per heavy atom. The molecular weight excluding hydrogens is 438 g/mol. The molecule has 1 aromatic rings. The maximum Gasteiger partial charge on any atom is 0.123 e. The molecule has 2 unspecified atom stereocenters. The molecule has 7 heteroatoms. The molecule has 0 aliphatic carbocycles. The molecule has 4 aliphatic rings. The Morgan fingerprint density at radius 2 is 1.83 bits per heavy atom. The summed E-state index contributed by atoms with van der Waals surface area (Å²) in [5, 5.41) is 11.1. The molecule has 7 nitrogen and oxygen atoms in total. The predicted octanol–water partition coefficient (Wildman–Crippen LogP) is 3.49. The van der Waals surface area contributed by atoms with Gasteiger partial charge in [-0.05, 0) is 32.9 Å². The number of aromatic hydroxyl groups is 1. The third-order valence-corrected chi connectivity index (χ3v) is 8.10. The summed E-state index contributed by atoms with van der Waals surface area (Å²) < 4.78 is 5.50. The van der Waals surface area contributed by atoms with Crippen molar-refractivity contribution in [1.29, 1.82) is 0 Å². The van der Waals surface area contributed by atoms with Crippen molar-refractivity contribution in [2.75, 3.05) is 71.0 Å². The first-order valence-corrected chi connectivity index (χ1v) is 13.2. The number of hydrogen-bond acceptors (Lipinski definition) is 7.